The van der Waals surface area contributed by atoms with Crippen LogP contribution in [0.3, 0.4) is 0 Å². The summed E-state index contributed by atoms with van der Waals surface area (Å²) in [6.07, 6.45) is 0.720. The first-order chi connectivity index (χ1) is 9.72. The van der Waals surface area contributed by atoms with Crippen molar-refractivity contribution in [1.82, 2.24) is 0 Å². The fraction of sp³-hybridized carbons (Fsp3) is 0.235. The number of nitrogens with zero attached hydrogens (tertiary/aromatic N) is 1. The molecule has 0 fully saturated rings. The van der Waals surface area contributed by atoms with Gasteiger partial charge in [-0.3, -0.25) is 0 Å². The molecular formula is C17H16BrNO. The van der Waals surface area contributed by atoms with Crippen molar-refractivity contribution < 1.29 is 4.74 Å². The van der Waals surface area contributed by atoms with Crippen LogP contribution in [0.2, 0.25) is 0 Å². The summed E-state index contributed by atoms with van der Waals surface area (Å²) < 4.78 is 6.47. The Hall–Kier alpha value is -1.79. The molecule has 2 aromatic rings. The first kappa shape index (κ1) is 14.6. The fourth-order valence-corrected chi connectivity index (χ4v) is 2.32. The molecule has 20 heavy (non-hydrogen) atoms. The topological polar surface area (TPSA) is 33.0 Å². The minimum Gasteiger partial charge on any atom is -0.494 e. The maximum absolute atomic E-state index is 9.38. The summed E-state index contributed by atoms with van der Waals surface area (Å²) in [7, 11) is 0. The lowest BCUT2D eigenvalue weighted by molar-refractivity contribution is 0.340. The molecule has 0 aliphatic carbocycles. The smallest absolute Gasteiger partial charge is 0.119 e. The van der Waals surface area contributed by atoms with E-state index in [1.807, 2.05) is 55.5 Å². The number of halogens is 1. The van der Waals surface area contributed by atoms with Crippen LogP contribution in [0.1, 0.15) is 24.0 Å². The van der Waals surface area contributed by atoms with Crippen molar-refractivity contribution in [2.45, 2.75) is 19.3 Å². The Labute approximate surface area is 128 Å². The highest BCUT2D eigenvalue weighted by molar-refractivity contribution is 9.10. The van der Waals surface area contributed by atoms with Crippen molar-refractivity contribution in [3.8, 4) is 11.8 Å². The molecule has 102 valence electrons. The maximum atomic E-state index is 9.38. The van der Waals surface area contributed by atoms with Gasteiger partial charge >= 0.3 is 0 Å². The Kier molecular flexibility index (Phi) is 5.20. The molecule has 0 radical (unpaired) electrons. The predicted octanol–water partition coefficient (Wildman–Crippen LogP) is 4.70. The van der Waals surface area contributed by atoms with E-state index in [1.54, 1.807) is 0 Å². The average Bonchev–Trinajstić information content (AvgIpc) is 2.48. The lowest BCUT2D eigenvalue weighted by Gasteiger charge is -2.11. The molecule has 1 atom stereocenters. The molecule has 0 heterocycles. The van der Waals surface area contributed by atoms with Crippen LogP contribution in [0.5, 0.6) is 5.75 Å². The average molecular weight is 330 g/mol. The quantitative estimate of drug-likeness (QED) is 0.796. The van der Waals surface area contributed by atoms with E-state index in [2.05, 4.69) is 22.0 Å². The standard InChI is InChI=1S/C17H16BrNO/c1-2-20-17-9-5-14(6-10-17)15(12-19)11-13-3-7-16(18)8-4-13/h3-10,15H,2,11H2,1H3. The highest BCUT2D eigenvalue weighted by Gasteiger charge is 2.11. The molecule has 2 rings (SSSR count). The van der Waals surface area contributed by atoms with E-state index < -0.39 is 0 Å². The van der Waals surface area contributed by atoms with Crippen LogP contribution < -0.4 is 4.74 Å². The summed E-state index contributed by atoms with van der Waals surface area (Å²) in [6.45, 7) is 2.61. The lowest BCUT2D eigenvalue weighted by Crippen LogP contribution is -2.01. The first-order valence-electron chi connectivity index (χ1n) is 6.59. The zero-order chi connectivity index (χ0) is 14.4. The molecule has 2 nitrogen and oxygen atoms in total. The third-order valence-corrected chi connectivity index (χ3v) is 3.63. The van der Waals surface area contributed by atoms with Crippen molar-refractivity contribution in [2.75, 3.05) is 6.61 Å². The number of hydrogen-bond acceptors (Lipinski definition) is 2. The summed E-state index contributed by atoms with van der Waals surface area (Å²) in [4.78, 5) is 0. The second kappa shape index (κ2) is 7.12. The normalized spacial score (nSPS) is 11.7. The van der Waals surface area contributed by atoms with Crippen molar-refractivity contribution in [1.29, 1.82) is 5.26 Å². The van der Waals surface area contributed by atoms with E-state index in [0.717, 1.165) is 27.8 Å². The number of ether oxygens (including phenoxy) is 1. The van der Waals surface area contributed by atoms with E-state index in [-0.39, 0.29) is 5.92 Å². The second-order valence-corrected chi connectivity index (χ2v) is 5.43. The summed E-state index contributed by atoms with van der Waals surface area (Å²) in [6, 6.07) is 18.3. The molecule has 0 aromatic heterocycles. The molecule has 0 saturated carbocycles. The van der Waals surface area contributed by atoms with Gasteiger partial charge in [0.05, 0.1) is 18.6 Å². The van der Waals surface area contributed by atoms with Crippen LogP contribution in [0.25, 0.3) is 0 Å². The van der Waals surface area contributed by atoms with Gasteiger partial charge in [-0.1, -0.05) is 40.2 Å². The zero-order valence-corrected chi connectivity index (χ0v) is 12.9. The molecule has 1 unspecified atom stereocenters. The van der Waals surface area contributed by atoms with Gasteiger partial charge in [-0.05, 0) is 48.7 Å². The van der Waals surface area contributed by atoms with Gasteiger partial charge < -0.3 is 4.74 Å². The molecule has 0 spiro atoms. The van der Waals surface area contributed by atoms with Gasteiger partial charge in [-0.15, -0.1) is 0 Å². The molecular weight excluding hydrogens is 314 g/mol. The number of rotatable bonds is 5. The van der Waals surface area contributed by atoms with Gasteiger partial charge in [-0.25, -0.2) is 0 Å². The summed E-state index contributed by atoms with van der Waals surface area (Å²) in [5, 5.41) is 9.38. The summed E-state index contributed by atoms with van der Waals surface area (Å²) in [5.74, 6) is 0.712. The van der Waals surface area contributed by atoms with Gasteiger partial charge in [0.25, 0.3) is 0 Å². The molecule has 0 saturated heterocycles. The van der Waals surface area contributed by atoms with E-state index in [1.165, 1.54) is 0 Å². The Morgan fingerprint density at radius 1 is 1.10 bits per heavy atom. The second-order valence-electron chi connectivity index (χ2n) is 4.51. The van der Waals surface area contributed by atoms with E-state index >= 15 is 0 Å². The van der Waals surface area contributed by atoms with Crippen molar-refractivity contribution in [3.05, 3.63) is 64.1 Å². The van der Waals surface area contributed by atoms with Gasteiger partial charge in [0.15, 0.2) is 0 Å². The highest BCUT2D eigenvalue weighted by Crippen LogP contribution is 2.23. The predicted molar refractivity (Wildman–Crippen MR) is 83.8 cm³/mol. The van der Waals surface area contributed by atoms with E-state index in [4.69, 9.17) is 4.74 Å². The number of nitriles is 1. The molecule has 0 aliphatic rings. The minimum absolute atomic E-state index is 0.133. The van der Waals surface area contributed by atoms with Gasteiger partial charge in [0.2, 0.25) is 0 Å². The Morgan fingerprint density at radius 3 is 2.30 bits per heavy atom. The van der Waals surface area contributed by atoms with Crippen LogP contribution in [-0.2, 0) is 6.42 Å². The molecule has 3 heteroatoms. The maximum Gasteiger partial charge on any atom is 0.119 e. The Morgan fingerprint density at radius 2 is 1.75 bits per heavy atom. The van der Waals surface area contributed by atoms with Crippen LogP contribution in [0.15, 0.2) is 53.0 Å². The molecule has 0 N–H and O–H groups in total. The van der Waals surface area contributed by atoms with Crippen LogP contribution in [0.4, 0.5) is 0 Å². The van der Waals surface area contributed by atoms with E-state index in [0.29, 0.717) is 6.61 Å². The SMILES string of the molecule is CCOc1ccc(C(C#N)Cc2ccc(Br)cc2)cc1. The minimum atomic E-state index is -0.133. The van der Waals surface area contributed by atoms with Gasteiger partial charge in [0.1, 0.15) is 5.75 Å². The zero-order valence-electron chi connectivity index (χ0n) is 11.3. The van der Waals surface area contributed by atoms with Crippen LogP contribution in [-0.4, -0.2) is 6.61 Å². The molecule has 0 aliphatic heterocycles. The summed E-state index contributed by atoms with van der Waals surface area (Å²) in [5.41, 5.74) is 2.19. The molecule has 0 bridgehead atoms. The van der Waals surface area contributed by atoms with E-state index in [9.17, 15) is 5.26 Å². The van der Waals surface area contributed by atoms with Crippen molar-refractivity contribution in [2.24, 2.45) is 0 Å². The van der Waals surface area contributed by atoms with Crippen molar-refractivity contribution >= 4 is 15.9 Å². The number of hydrogen-bond donors (Lipinski definition) is 0. The number of benzene rings is 2. The van der Waals surface area contributed by atoms with Crippen LogP contribution >= 0.6 is 15.9 Å². The largest absolute Gasteiger partial charge is 0.494 e. The highest BCUT2D eigenvalue weighted by atomic mass is 79.9. The Bertz CT molecular complexity index is 584. The van der Waals surface area contributed by atoms with Crippen molar-refractivity contribution in [3.63, 3.8) is 0 Å². The first-order valence-corrected chi connectivity index (χ1v) is 7.39. The lowest BCUT2D eigenvalue weighted by atomic mass is 9.93. The third kappa shape index (κ3) is 3.85. The van der Waals surface area contributed by atoms with Crippen LogP contribution in [0, 0.1) is 11.3 Å². The summed E-state index contributed by atoms with van der Waals surface area (Å²) >= 11 is 3.42. The fourth-order valence-electron chi connectivity index (χ4n) is 2.06. The van der Waals surface area contributed by atoms with Gasteiger partial charge in [-0.2, -0.15) is 5.26 Å². The monoisotopic (exact) mass is 329 g/mol. The van der Waals surface area contributed by atoms with Gasteiger partial charge in [0, 0.05) is 4.47 Å². The third-order valence-electron chi connectivity index (χ3n) is 3.10. The molecule has 0 amide bonds. The molecule has 2 aromatic carbocycles. The Balaban J connectivity index is 2.11.